The molecule has 2 aromatic heterocycles. The van der Waals surface area contributed by atoms with Crippen molar-refractivity contribution in [2.45, 2.75) is 22.0 Å². The quantitative estimate of drug-likeness (QED) is 0.708. The van der Waals surface area contributed by atoms with Gasteiger partial charge in [-0.3, -0.25) is 0 Å². The molecule has 0 saturated carbocycles. The number of benzene rings is 1. The number of hydrogen-bond donors (Lipinski definition) is 2. The van der Waals surface area contributed by atoms with E-state index in [1.54, 1.807) is 30.3 Å². The lowest BCUT2D eigenvalue weighted by Crippen LogP contribution is -2.37. The van der Waals surface area contributed by atoms with Gasteiger partial charge in [0, 0.05) is 24.1 Å². The Morgan fingerprint density at radius 2 is 2.04 bits per heavy atom. The lowest BCUT2D eigenvalue weighted by Gasteiger charge is -2.31. The summed E-state index contributed by atoms with van der Waals surface area (Å²) in [5, 5.41) is 0.480. The van der Waals surface area contributed by atoms with Gasteiger partial charge in [0.15, 0.2) is 5.82 Å². The van der Waals surface area contributed by atoms with Gasteiger partial charge in [-0.15, -0.1) is 0 Å². The van der Waals surface area contributed by atoms with E-state index in [2.05, 4.69) is 26.8 Å². The van der Waals surface area contributed by atoms with Crippen LogP contribution in [0.2, 0.25) is 0 Å². The molecular weight excluding hydrogens is 370 g/mol. The highest BCUT2D eigenvalue weighted by Crippen LogP contribution is 2.36. The molecule has 3 N–H and O–H groups in total. The highest BCUT2D eigenvalue weighted by atomic mass is 32.2. The van der Waals surface area contributed by atoms with Gasteiger partial charge in [0.2, 0.25) is 9.84 Å². The molecule has 136 valence electrons. The van der Waals surface area contributed by atoms with Gasteiger partial charge in [-0.25, -0.2) is 18.4 Å². The number of nitrogens with zero attached hydrogens (tertiary/aromatic N) is 3. The molecule has 1 aromatic carbocycles. The Morgan fingerprint density at radius 3 is 2.77 bits per heavy atom. The molecule has 1 unspecified atom stereocenters. The Kier molecular flexibility index (Phi) is 4.28. The molecule has 3 aromatic rings. The fourth-order valence-electron chi connectivity index (χ4n) is 3.22. The van der Waals surface area contributed by atoms with E-state index >= 15 is 0 Å². The molecule has 1 aliphatic rings. The van der Waals surface area contributed by atoms with E-state index in [-0.39, 0.29) is 15.6 Å². The van der Waals surface area contributed by atoms with Crippen molar-refractivity contribution in [2.24, 2.45) is 0 Å². The van der Waals surface area contributed by atoms with Crippen LogP contribution in [0.3, 0.4) is 0 Å². The van der Waals surface area contributed by atoms with Crippen LogP contribution in [0.1, 0.15) is 6.92 Å². The molecule has 0 bridgehead atoms. The second kappa shape index (κ2) is 6.48. The predicted octanol–water partition coefficient (Wildman–Crippen LogP) is 2.31. The second-order valence-electron chi connectivity index (χ2n) is 6.23. The van der Waals surface area contributed by atoms with Crippen LogP contribution in [0.4, 0.5) is 11.6 Å². The predicted molar refractivity (Wildman–Crippen MR) is 104 cm³/mol. The number of thioether (sulfide) groups is 1. The van der Waals surface area contributed by atoms with Gasteiger partial charge in [-0.2, -0.15) is 11.8 Å². The minimum absolute atomic E-state index is 0.0155. The van der Waals surface area contributed by atoms with Crippen LogP contribution >= 0.6 is 11.8 Å². The molecule has 1 aliphatic heterocycles. The molecule has 0 aliphatic carbocycles. The number of hydrogen-bond acceptors (Lipinski definition) is 7. The zero-order valence-corrected chi connectivity index (χ0v) is 15.8. The second-order valence-corrected chi connectivity index (χ2v) is 9.67. The van der Waals surface area contributed by atoms with Gasteiger partial charge in [0.1, 0.15) is 28.1 Å². The number of rotatable bonds is 3. The number of nitrogen functional groups attached to an aromatic ring is 1. The summed E-state index contributed by atoms with van der Waals surface area (Å²) in [6.07, 6.45) is 1.40. The summed E-state index contributed by atoms with van der Waals surface area (Å²) in [6.45, 7) is 3.86. The molecule has 0 radical (unpaired) electrons. The summed E-state index contributed by atoms with van der Waals surface area (Å²) in [5.41, 5.74) is 6.98. The van der Waals surface area contributed by atoms with Crippen LogP contribution in [0, 0.1) is 0 Å². The molecule has 9 heteroatoms. The summed E-state index contributed by atoms with van der Waals surface area (Å²) in [5.74, 6) is 1.78. The zero-order valence-electron chi connectivity index (χ0n) is 14.2. The van der Waals surface area contributed by atoms with Crippen LogP contribution in [0.25, 0.3) is 11.0 Å². The summed E-state index contributed by atoms with van der Waals surface area (Å²) in [4.78, 5) is 14.0. The Bertz CT molecular complexity index is 1050. The van der Waals surface area contributed by atoms with Crippen LogP contribution in [-0.2, 0) is 9.84 Å². The van der Waals surface area contributed by atoms with Crippen LogP contribution in [-0.4, -0.2) is 47.5 Å². The van der Waals surface area contributed by atoms with Crippen LogP contribution in [0.5, 0.6) is 0 Å². The van der Waals surface area contributed by atoms with Gasteiger partial charge in [-0.05, 0) is 12.1 Å². The first kappa shape index (κ1) is 17.2. The standard InChI is InChI=1S/C17H19N5O2S2/c1-11-9-22(7-8-25-11)17-14-13(19-10-20-17)15(16(18)21-14)26(23,24)12-5-3-2-4-6-12/h2-6,10-11,21H,7-9,18H2,1H3. The Hall–Kier alpha value is -2.26. The first-order valence-corrected chi connectivity index (χ1v) is 10.8. The zero-order chi connectivity index (χ0) is 18.3. The highest BCUT2D eigenvalue weighted by molar-refractivity contribution is 8.00. The van der Waals surface area contributed by atoms with E-state index in [1.807, 2.05) is 11.8 Å². The van der Waals surface area contributed by atoms with Crippen molar-refractivity contribution in [3.8, 4) is 0 Å². The van der Waals surface area contributed by atoms with Crippen molar-refractivity contribution in [3.05, 3.63) is 36.7 Å². The Balaban J connectivity index is 1.88. The smallest absolute Gasteiger partial charge is 0.212 e. The van der Waals surface area contributed by atoms with E-state index in [9.17, 15) is 8.42 Å². The molecule has 7 nitrogen and oxygen atoms in total. The topological polar surface area (TPSA) is 105 Å². The molecule has 3 heterocycles. The van der Waals surface area contributed by atoms with Gasteiger partial charge in [0.05, 0.1) is 4.90 Å². The van der Waals surface area contributed by atoms with Crippen molar-refractivity contribution >= 4 is 44.3 Å². The number of aromatic amines is 1. The van der Waals surface area contributed by atoms with Crippen molar-refractivity contribution in [2.75, 3.05) is 29.5 Å². The summed E-state index contributed by atoms with van der Waals surface area (Å²) in [6, 6.07) is 8.25. The average Bonchev–Trinajstić information content (AvgIpc) is 2.99. The van der Waals surface area contributed by atoms with E-state index < -0.39 is 9.84 Å². The SMILES string of the molecule is CC1CN(c2ncnc3c(S(=O)(=O)c4ccccc4)c(N)[nH]c23)CCS1. The maximum Gasteiger partial charge on any atom is 0.212 e. The molecule has 26 heavy (non-hydrogen) atoms. The van der Waals surface area contributed by atoms with Gasteiger partial charge < -0.3 is 15.6 Å². The molecule has 4 rings (SSSR count). The molecule has 0 amide bonds. The number of H-pyrrole nitrogens is 1. The van der Waals surface area contributed by atoms with Gasteiger partial charge in [-0.1, -0.05) is 25.1 Å². The normalized spacial score (nSPS) is 18.3. The monoisotopic (exact) mass is 389 g/mol. The molecule has 1 fully saturated rings. The van der Waals surface area contributed by atoms with Crippen molar-refractivity contribution in [1.82, 2.24) is 15.0 Å². The average molecular weight is 390 g/mol. The number of anilines is 2. The Labute approximate surface area is 155 Å². The fraction of sp³-hybridized carbons (Fsp3) is 0.294. The largest absolute Gasteiger partial charge is 0.384 e. The van der Waals surface area contributed by atoms with Crippen molar-refractivity contribution < 1.29 is 8.42 Å². The maximum absolute atomic E-state index is 13.1. The van der Waals surface area contributed by atoms with Crippen molar-refractivity contribution in [3.63, 3.8) is 0 Å². The minimum atomic E-state index is -3.78. The van der Waals surface area contributed by atoms with E-state index in [0.717, 1.165) is 18.8 Å². The van der Waals surface area contributed by atoms with Gasteiger partial charge in [0.25, 0.3) is 0 Å². The molecule has 1 saturated heterocycles. The summed E-state index contributed by atoms with van der Waals surface area (Å²) >= 11 is 1.92. The fourth-order valence-corrected chi connectivity index (χ4v) is 5.74. The first-order chi connectivity index (χ1) is 12.5. The minimum Gasteiger partial charge on any atom is -0.384 e. The van der Waals surface area contributed by atoms with E-state index in [0.29, 0.717) is 22.1 Å². The lowest BCUT2D eigenvalue weighted by atomic mass is 10.3. The Morgan fingerprint density at radius 1 is 1.27 bits per heavy atom. The lowest BCUT2D eigenvalue weighted by molar-refractivity contribution is 0.597. The molecule has 1 atom stereocenters. The number of nitrogens with one attached hydrogen (secondary N) is 1. The summed E-state index contributed by atoms with van der Waals surface area (Å²) < 4.78 is 26.2. The third kappa shape index (κ3) is 2.80. The third-order valence-corrected chi connectivity index (χ3v) is 7.39. The van der Waals surface area contributed by atoms with Crippen LogP contribution in [0.15, 0.2) is 46.5 Å². The highest BCUT2D eigenvalue weighted by Gasteiger charge is 2.29. The van der Waals surface area contributed by atoms with E-state index in [1.165, 1.54) is 6.33 Å². The van der Waals surface area contributed by atoms with Gasteiger partial charge >= 0.3 is 0 Å². The number of aromatic nitrogens is 3. The third-order valence-electron chi connectivity index (χ3n) is 4.41. The number of sulfone groups is 1. The van der Waals surface area contributed by atoms with E-state index in [4.69, 9.17) is 5.73 Å². The molecule has 0 spiro atoms. The van der Waals surface area contributed by atoms with Crippen LogP contribution < -0.4 is 10.6 Å². The summed E-state index contributed by atoms with van der Waals surface area (Å²) in [7, 11) is -3.78. The first-order valence-electron chi connectivity index (χ1n) is 8.27. The number of fused-ring (bicyclic) bond motifs is 1. The molecular formula is C17H19N5O2S2. The number of nitrogens with two attached hydrogens (primary N) is 1. The van der Waals surface area contributed by atoms with Crippen molar-refractivity contribution in [1.29, 1.82) is 0 Å². The maximum atomic E-state index is 13.1.